The maximum atomic E-state index is 10.2. The molecule has 0 amide bonds. The van der Waals surface area contributed by atoms with Gasteiger partial charge in [-0.2, -0.15) is 0 Å². The highest BCUT2D eigenvalue weighted by Crippen LogP contribution is 2.35. The van der Waals surface area contributed by atoms with Crippen LogP contribution in [0.15, 0.2) is 5.38 Å². The molecule has 0 aliphatic heterocycles. The van der Waals surface area contributed by atoms with Crippen LogP contribution in [0, 0.1) is 0 Å². The van der Waals surface area contributed by atoms with Crippen LogP contribution in [0.4, 0.5) is 0 Å². The van der Waals surface area contributed by atoms with Crippen molar-refractivity contribution in [2.45, 2.75) is 12.8 Å². The number of aryl methyl sites for hydroxylation is 1. The molecule has 0 aliphatic carbocycles. The summed E-state index contributed by atoms with van der Waals surface area (Å²) in [5.41, 5.74) is 0. The van der Waals surface area contributed by atoms with Gasteiger partial charge in [-0.25, -0.2) is 0 Å². The van der Waals surface area contributed by atoms with Gasteiger partial charge in [0.25, 0.3) is 0 Å². The summed E-state index contributed by atoms with van der Waals surface area (Å²) in [5, 5.41) is 27.8. The zero-order chi connectivity index (χ0) is 9.14. The second-order valence-electron chi connectivity index (χ2n) is 2.29. The molecule has 0 fully saturated rings. The van der Waals surface area contributed by atoms with Crippen LogP contribution in [0.5, 0.6) is 11.5 Å². The average Bonchev–Trinajstić information content (AvgIpc) is 2.30. The maximum absolute atomic E-state index is 10.2. The fraction of sp³-hybridized carbons (Fsp3) is 0.286. The highest BCUT2D eigenvalue weighted by molar-refractivity contribution is 7.10. The summed E-state index contributed by atoms with van der Waals surface area (Å²) in [7, 11) is 0. The lowest BCUT2D eigenvalue weighted by Crippen LogP contribution is -1.95. The lowest BCUT2D eigenvalue weighted by Gasteiger charge is -1.94. The monoisotopic (exact) mass is 188 g/mol. The molecule has 0 saturated carbocycles. The molecule has 0 radical (unpaired) electrons. The molecule has 1 aromatic rings. The Hall–Kier alpha value is -1.23. The van der Waals surface area contributed by atoms with E-state index in [1.54, 1.807) is 0 Å². The van der Waals surface area contributed by atoms with Gasteiger partial charge in [0.2, 0.25) is 0 Å². The van der Waals surface area contributed by atoms with Gasteiger partial charge in [0.05, 0.1) is 11.3 Å². The Bertz CT molecular complexity index is 292. The molecule has 0 unspecified atom stereocenters. The molecule has 0 bridgehead atoms. The number of carboxylic acid groups (broad SMARTS) is 1. The predicted octanol–water partition coefficient (Wildman–Crippen LogP) is 1.18. The fourth-order valence-corrected chi connectivity index (χ4v) is 1.58. The van der Waals surface area contributed by atoms with E-state index in [4.69, 9.17) is 15.3 Å². The molecule has 0 saturated heterocycles. The normalized spacial score (nSPS) is 10.0. The summed E-state index contributed by atoms with van der Waals surface area (Å²) in [6, 6.07) is 0. The molecule has 5 heteroatoms. The second-order valence-corrected chi connectivity index (χ2v) is 3.25. The van der Waals surface area contributed by atoms with Crippen molar-refractivity contribution in [3.05, 3.63) is 10.3 Å². The van der Waals surface area contributed by atoms with E-state index in [0.29, 0.717) is 4.88 Å². The van der Waals surface area contributed by atoms with Crippen LogP contribution in [0.2, 0.25) is 0 Å². The Kier molecular flexibility index (Phi) is 2.54. The Morgan fingerprint density at radius 3 is 2.58 bits per heavy atom. The van der Waals surface area contributed by atoms with E-state index >= 15 is 0 Å². The molecule has 0 spiro atoms. The van der Waals surface area contributed by atoms with E-state index in [1.807, 2.05) is 0 Å². The van der Waals surface area contributed by atoms with E-state index in [9.17, 15) is 4.79 Å². The van der Waals surface area contributed by atoms with Crippen molar-refractivity contribution in [2.24, 2.45) is 0 Å². The van der Waals surface area contributed by atoms with Crippen molar-refractivity contribution in [1.29, 1.82) is 0 Å². The summed E-state index contributed by atoms with van der Waals surface area (Å²) < 4.78 is 0. The predicted molar refractivity (Wildman–Crippen MR) is 43.6 cm³/mol. The van der Waals surface area contributed by atoms with E-state index in [-0.39, 0.29) is 24.3 Å². The van der Waals surface area contributed by atoms with Crippen LogP contribution in [-0.2, 0) is 11.2 Å². The number of carboxylic acids is 1. The van der Waals surface area contributed by atoms with Gasteiger partial charge in [0.15, 0.2) is 11.5 Å². The minimum Gasteiger partial charge on any atom is -0.504 e. The summed E-state index contributed by atoms with van der Waals surface area (Å²) in [4.78, 5) is 10.7. The molecule has 3 N–H and O–H groups in total. The molecule has 4 nitrogen and oxygen atoms in total. The summed E-state index contributed by atoms with van der Waals surface area (Å²) in [6.07, 6.45) is 0.222. The van der Waals surface area contributed by atoms with Gasteiger partial charge in [-0.1, -0.05) is 0 Å². The topological polar surface area (TPSA) is 77.8 Å². The van der Waals surface area contributed by atoms with Crippen molar-refractivity contribution >= 4 is 17.3 Å². The fourth-order valence-electron chi connectivity index (χ4n) is 0.779. The smallest absolute Gasteiger partial charge is 0.303 e. The molecular weight excluding hydrogens is 180 g/mol. The van der Waals surface area contributed by atoms with E-state index in [0.717, 1.165) is 11.3 Å². The van der Waals surface area contributed by atoms with E-state index < -0.39 is 5.97 Å². The first-order valence-electron chi connectivity index (χ1n) is 3.31. The number of aliphatic carboxylic acids is 1. The number of hydrogen-bond acceptors (Lipinski definition) is 4. The molecule has 12 heavy (non-hydrogen) atoms. The third kappa shape index (κ3) is 1.88. The minimum atomic E-state index is -0.915. The van der Waals surface area contributed by atoms with Crippen molar-refractivity contribution in [3.63, 3.8) is 0 Å². The van der Waals surface area contributed by atoms with Crippen molar-refractivity contribution in [3.8, 4) is 11.5 Å². The SMILES string of the molecule is O=C(O)CCc1scc(O)c1O. The highest BCUT2D eigenvalue weighted by Gasteiger charge is 2.10. The Labute approximate surface area is 72.7 Å². The van der Waals surface area contributed by atoms with Crippen LogP contribution >= 0.6 is 11.3 Å². The van der Waals surface area contributed by atoms with Gasteiger partial charge in [-0.15, -0.1) is 11.3 Å². The van der Waals surface area contributed by atoms with Gasteiger partial charge < -0.3 is 15.3 Å². The lowest BCUT2D eigenvalue weighted by molar-refractivity contribution is -0.136. The second kappa shape index (κ2) is 3.44. The first-order chi connectivity index (χ1) is 5.61. The molecule has 0 aliphatic rings. The molecular formula is C7H8O4S. The molecule has 66 valence electrons. The molecule has 1 heterocycles. The number of rotatable bonds is 3. The van der Waals surface area contributed by atoms with Gasteiger partial charge in [-0.05, 0) is 6.42 Å². The van der Waals surface area contributed by atoms with Gasteiger partial charge in [0.1, 0.15) is 0 Å². The van der Waals surface area contributed by atoms with Crippen molar-refractivity contribution in [2.75, 3.05) is 0 Å². The van der Waals surface area contributed by atoms with E-state index in [1.165, 1.54) is 5.38 Å². The summed E-state index contributed by atoms with van der Waals surface area (Å²) in [6.45, 7) is 0. The van der Waals surface area contributed by atoms with Gasteiger partial charge >= 0.3 is 5.97 Å². The van der Waals surface area contributed by atoms with Crippen molar-refractivity contribution in [1.82, 2.24) is 0 Å². The molecule has 0 aromatic carbocycles. The van der Waals surface area contributed by atoms with Gasteiger partial charge in [0, 0.05) is 5.38 Å². The van der Waals surface area contributed by atoms with Crippen LogP contribution in [0.25, 0.3) is 0 Å². The molecule has 1 aromatic heterocycles. The Morgan fingerprint density at radius 1 is 1.50 bits per heavy atom. The Morgan fingerprint density at radius 2 is 2.17 bits per heavy atom. The lowest BCUT2D eigenvalue weighted by atomic mass is 10.2. The summed E-state index contributed by atoms with van der Waals surface area (Å²) >= 11 is 1.15. The average molecular weight is 188 g/mol. The van der Waals surface area contributed by atoms with Crippen molar-refractivity contribution < 1.29 is 20.1 Å². The standard InChI is InChI=1S/C7H8O4S/c8-4-3-12-5(7(4)11)1-2-6(9)10/h3,8,11H,1-2H2,(H,9,10). The Balaban J connectivity index is 2.63. The number of thiophene rings is 1. The highest BCUT2D eigenvalue weighted by atomic mass is 32.1. The van der Waals surface area contributed by atoms with Crippen LogP contribution in [0.3, 0.4) is 0 Å². The van der Waals surface area contributed by atoms with Crippen LogP contribution in [0.1, 0.15) is 11.3 Å². The third-order valence-electron chi connectivity index (χ3n) is 1.39. The van der Waals surface area contributed by atoms with Gasteiger partial charge in [-0.3, -0.25) is 4.79 Å². The number of aromatic hydroxyl groups is 2. The molecule has 1 rings (SSSR count). The zero-order valence-electron chi connectivity index (χ0n) is 6.15. The largest absolute Gasteiger partial charge is 0.504 e. The molecule has 0 atom stereocenters. The zero-order valence-corrected chi connectivity index (χ0v) is 6.97. The quantitative estimate of drug-likeness (QED) is 0.665. The first kappa shape index (κ1) is 8.86. The third-order valence-corrected chi connectivity index (χ3v) is 2.41. The number of carbonyl (C=O) groups is 1. The first-order valence-corrected chi connectivity index (χ1v) is 4.19. The van der Waals surface area contributed by atoms with Crippen LogP contribution in [-0.4, -0.2) is 21.3 Å². The van der Waals surface area contributed by atoms with Crippen LogP contribution < -0.4 is 0 Å². The van der Waals surface area contributed by atoms with E-state index in [2.05, 4.69) is 0 Å². The maximum Gasteiger partial charge on any atom is 0.303 e. The summed E-state index contributed by atoms with van der Waals surface area (Å²) in [5.74, 6) is -1.29. The number of hydrogen-bond donors (Lipinski definition) is 3. The minimum absolute atomic E-state index is 0.0342.